The first-order valence-electron chi connectivity index (χ1n) is 3.14. The topological polar surface area (TPSA) is 59.1 Å². The van der Waals surface area contributed by atoms with Crippen molar-refractivity contribution in [3.05, 3.63) is 0 Å². The molecule has 1 unspecified atom stereocenters. The van der Waals surface area contributed by atoms with Crippen LogP contribution in [-0.2, 0) is 9.47 Å². The monoisotopic (exact) mass is 148 g/mol. The van der Waals surface area contributed by atoms with Crippen LogP contribution < -0.4 is 0 Å². The molecule has 0 bridgehead atoms. The molecular weight excluding hydrogens is 136 g/mol. The van der Waals surface area contributed by atoms with Gasteiger partial charge in [0.05, 0.1) is 19.3 Å². The fourth-order valence-electron chi connectivity index (χ4n) is 0.220. The number of hydrogen-bond acceptors (Lipinski definition) is 3. The van der Waals surface area contributed by atoms with E-state index in [1.54, 1.807) is 6.92 Å². The van der Waals surface area contributed by atoms with Crippen molar-refractivity contribution < 1.29 is 19.4 Å². The second kappa shape index (κ2) is 5.05. The van der Waals surface area contributed by atoms with Crippen LogP contribution in [0.1, 0.15) is 13.8 Å². The maximum absolute atomic E-state index is 9.38. The lowest BCUT2D eigenvalue weighted by atomic mass is 10.6. The zero-order chi connectivity index (χ0) is 7.98. The molecule has 0 aliphatic carbocycles. The van der Waals surface area contributed by atoms with Gasteiger partial charge < -0.3 is 14.6 Å². The minimum atomic E-state index is -1.21. The molecule has 1 rings (SSSR count). The summed E-state index contributed by atoms with van der Waals surface area (Å²) in [6.45, 7) is 4.89. The highest BCUT2D eigenvalue weighted by atomic mass is 16.7. The number of rotatable bonds is 1. The van der Waals surface area contributed by atoms with E-state index in [0.717, 1.165) is 6.61 Å². The normalized spacial score (nSPS) is 20.4. The Kier molecular flexibility index (Phi) is 4.66. The first-order chi connectivity index (χ1) is 4.66. The van der Waals surface area contributed by atoms with Crippen molar-refractivity contribution in [1.29, 1.82) is 0 Å². The molecule has 0 spiro atoms. The molecule has 0 amide bonds. The van der Waals surface area contributed by atoms with Gasteiger partial charge in [-0.25, -0.2) is 4.79 Å². The van der Waals surface area contributed by atoms with Crippen molar-refractivity contribution in [3.8, 4) is 0 Å². The van der Waals surface area contributed by atoms with Crippen LogP contribution >= 0.6 is 0 Å². The predicted molar refractivity (Wildman–Crippen MR) is 35.1 cm³/mol. The smallest absolute Gasteiger partial charge is 0.450 e. The summed E-state index contributed by atoms with van der Waals surface area (Å²) >= 11 is 0. The van der Waals surface area contributed by atoms with Gasteiger partial charge in [-0.15, -0.1) is 0 Å². The Bertz CT molecular complexity index is 97.9. The second-order valence-electron chi connectivity index (χ2n) is 1.84. The van der Waals surface area contributed by atoms with Gasteiger partial charge >= 0.3 is 6.16 Å². The van der Waals surface area contributed by atoms with E-state index in [9.17, 15) is 4.79 Å². The van der Waals surface area contributed by atoms with Gasteiger partial charge in [-0.1, -0.05) is 0 Å². The highest BCUT2D eigenvalue weighted by Crippen LogP contribution is 2.04. The Morgan fingerprint density at radius 2 is 2.30 bits per heavy atom. The van der Waals surface area contributed by atoms with Crippen LogP contribution in [0.2, 0.25) is 0 Å². The number of carboxylic acid groups (broad SMARTS) is 1. The number of ether oxygens (including phenoxy) is 2. The van der Waals surface area contributed by atoms with E-state index in [-0.39, 0.29) is 6.61 Å². The third-order valence-corrected chi connectivity index (χ3v) is 0.768. The largest absolute Gasteiger partial charge is 0.505 e. The maximum atomic E-state index is 9.38. The van der Waals surface area contributed by atoms with E-state index in [1.807, 2.05) is 0 Å². The van der Waals surface area contributed by atoms with Gasteiger partial charge in [-0.05, 0) is 13.8 Å². The second-order valence-corrected chi connectivity index (χ2v) is 1.84. The summed E-state index contributed by atoms with van der Waals surface area (Å²) in [7, 11) is 0. The molecule has 1 atom stereocenters. The lowest BCUT2D eigenvalue weighted by molar-refractivity contribution is 0.0966. The summed E-state index contributed by atoms with van der Waals surface area (Å²) in [4.78, 5) is 9.38. The quantitative estimate of drug-likeness (QED) is 0.447. The van der Waals surface area contributed by atoms with Gasteiger partial charge in [0, 0.05) is 0 Å². The van der Waals surface area contributed by atoms with Crippen molar-refractivity contribution in [1.82, 2.24) is 0 Å². The van der Waals surface area contributed by atoms with E-state index in [4.69, 9.17) is 9.84 Å². The van der Waals surface area contributed by atoms with Crippen LogP contribution in [0, 0.1) is 0 Å². The molecule has 1 fully saturated rings. The van der Waals surface area contributed by atoms with Crippen molar-refractivity contribution in [3.63, 3.8) is 0 Å². The highest BCUT2D eigenvalue weighted by molar-refractivity contribution is 5.56. The summed E-state index contributed by atoms with van der Waals surface area (Å²) in [6.07, 6.45) is -0.627. The number of carbonyl (C=O) groups is 1. The minimum absolute atomic E-state index is 0.231. The maximum Gasteiger partial charge on any atom is 0.505 e. The number of epoxide rings is 1. The van der Waals surface area contributed by atoms with E-state index in [2.05, 4.69) is 11.7 Å². The summed E-state index contributed by atoms with van der Waals surface area (Å²) in [5.41, 5.74) is 0. The van der Waals surface area contributed by atoms with Gasteiger partial charge in [0.2, 0.25) is 0 Å². The van der Waals surface area contributed by atoms with Gasteiger partial charge in [-0.2, -0.15) is 0 Å². The lowest BCUT2D eigenvalue weighted by Crippen LogP contribution is -1.97. The van der Waals surface area contributed by atoms with Crippen LogP contribution in [0.3, 0.4) is 0 Å². The van der Waals surface area contributed by atoms with Crippen LogP contribution in [0.25, 0.3) is 0 Å². The highest BCUT2D eigenvalue weighted by Gasteiger charge is 2.13. The Hall–Kier alpha value is -0.770. The molecular formula is C6H12O4. The summed E-state index contributed by atoms with van der Waals surface area (Å²) in [5, 5.41) is 7.69. The molecule has 1 aliphatic heterocycles. The molecule has 0 radical (unpaired) electrons. The van der Waals surface area contributed by atoms with Gasteiger partial charge in [0.15, 0.2) is 0 Å². The fourth-order valence-corrected chi connectivity index (χ4v) is 0.220. The van der Waals surface area contributed by atoms with Crippen molar-refractivity contribution >= 4 is 6.16 Å². The molecule has 1 saturated heterocycles. The first-order valence-corrected chi connectivity index (χ1v) is 3.14. The lowest BCUT2D eigenvalue weighted by Gasteiger charge is -1.87. The molecule has 4 nitrogen and oxygen atoms in total. The fraction of sp³-hybridized carbons (Fsp3) is 0.833. The van der Waals surface area contributed by atoms with Crippen LogP contribution in [-0.4, -0.2) is 30.6 Å². The average molecular weight is 148 g/mol. The van der Waals surface area contributed by atoms with Crippen molar-refractivity contribution in [2.24, 2.45) is 0 Å². The molecule has 1 aliphatic rings. The standard InChI is InChI=1S/C3H6O3.C3H6O/c1-2-6-3(4)5;1-3-2-4-3/h2H2,1H3,(H,4,5);3H,2H2,1H3. The van der Waals surface area contributed by atoms with E-state index in [1.165, 1.54) is 0 Å². The molecule has 60 valence electrons. The molecule has 0 aromatic carbocycles. The zero-order valence-electron chi connectivity index (χ0n) is 6.16. The molecule has 0 saturated carbocycles. The van der Waals surface area contributed by atoms with Gasteiger partial charge in [-0.3, -0.25) is 0 Å². The summed E-state index contributed by atoms with van der Waals surface area (Å²) in [5.74, 6) is 0. The summed E-state index contributed by atoms with van der Waals surface area (Å²) < 4.78 is 8.67. The molecule has 4 heteroatoms. The Balaban J connectivity index is 0.000000172. The Morgan fingerprint density at radius 3 is 2.30 bits per heavy atom. The first kappa shape index (κ1) is 9.23. The van der Waals surface area contributed by atoms with E-state index in [0.29, 0.717) is 6.10 Å². The molecule has 0 aromatic heterocycles. The van der Waals surface area contributed by atoms with E-state index < -0.39 is 6.16 Å². The SMILES string of the molecule is CC1CO1.CCOC(=O)O. The van der Waals surface area contributed by atoms with Crippen molar-refractivity contribution in [2.75, 3.05) is 13.2 Å². The Morgan fingerprint density at radius 1 is 1.90 bits per heavy atom. The summed E-state index contributed by atoms with van der Waals surface area (Å²) in [6, 6.07) is 0. The Labute approximate surface area is 59.7 Å². The number of hydrogen-bond donors (Lipinski definition) is 1. The third-order valence-electron chi connectivity index (χ3n) is 0.768. The molecule has 10 heavy (non-hydrogen) atoms. The van der Waals surface area contributed by atoms with E-state index >= 15 is 0 Å². The van der Waals surface area contributed by atoms with Crippen LogP contribution in [0.4, 0.5) is 4.79 Å². The van der Waals surface area contributed by atoms with Crippen LogP contribution in [0.15, 0.2) is 0 Å². The van der Waals surface area contributed by atoms with Gasteiger partial charge in [0.25, 0.3) is 0 Å². The predicted octanol–water partition coefficient (Wildman–Crippen LogP) is 1.11. The van der Waals surface area contributed by atoms with Gasteiger partial charge in [0.1, 0.15) is 0 Å². The van der Waals surface area contributed by atoms with Crippen LogP contribution in [0.5, 0.6) is 0 Å². The zero-order valence-corrected chi connectivity index (χ0v) is 6.16. The molecule has 0 aromatic rings. The molecule has 1 heterocycles. The average Bonchev–Trinajstić information content (AvgIpc) is 2.52. The molecule has 1 N–H and O–H groups in total. The minimum Gasteiger partial charge on any atom is -0.450 e. The third kappa shape index (κ3) is 10.3. The van der Waals surface area contributed by atoms with Crippen molar-refractivity contribution in [2.45, 2.75) is 20.0 Å².